The van der Waals surface area contributed by atoms with Gasteiger partial charge in [-0.25, -0.2) is 15.2 Å². The van der Waals surface area contributed by atoms with E-state index in [1.165, 1.54) is 12.1 Å². The largest absolute Gasteiger partial charge is 0.351 e. The molecular weight excluding hydrogens is 223 g/mol. The highest BCUT2D eigenvalue weighted by Crippen LogP contribution is 2.04. The maximum absolute atomic E-state index is 12.7. The van der Waals surface area contributed by atoms with Crippen LogP contribution in [0.5, 0.6) is 0 Å². The maximum Gasteiger partial charge on any atom is 0.238 e. The van der Waals surface area contributed by atoms with Gasteiger partial charge in [-0.1, -0.05) is 12.1 Å². The lowest BCUT2D eigenvalue weighted by Gasteiger charge is -2.10. The maximum atomic E-state index is 12.7. The average molecular weight is 238 g/mol. The van der Waals surface area contributed by atoms with Crippen molar-refractivity contribution in [1.82, 2.24) is 16.2 Å². The molecule has 5 nitrogen and oxygen atoms in total. The molecule has 0 spiro atoms. The van der Waals surface area contributed by atoms with Crippen LogP contribution < -0.4 is 21.9 Å². The Hall–Kier alpha value is -1.50. The van der Waals surface area contributed by atoms with Crippen molar-refractivity contribution in [2.24, 2.45) is 5.73 Å². The molecule has 0 aliphatic carbocycles. The number of amides is 1. The number of halogens is 1. The second kappa shape index (κ2) is 5.22. The van der Waals surface area contributed by atoms with Gasteiger partial charge < -0.3 is 11.1 Å². The number of nitrogens with one attached hydrogen (secondary N) is 3. The molecule has 1 aromatic carbocycles. The first-order valence-corrected chi connectivity index (χ1v) is 5.44. The van der Waals surface area contributed by atoms with E-state index in [9.17, 15) is 9.18 Å². The number of carbonyl (C=O) groups is 1. The summed E-state index contributed by atoms with van der Waals surface area (Å²) < 4.78 is 12.7. The van der Waals surface area contributed by atoms with Crippen molar-refractivity contribution in [3.8, 4) is 0 Å². The van der Waals surface area contributed by atoms with Crippen molar-refractivity contribution >= 4 is 5.91 Å². The van der Waals surface area contributed by atoms with Crippen molar-refractivity contribution in [1.29, 1.82) is 0 Å². The Bertz CT molecular complexity index is 395. The summed E-state index contributed by atoms with van der Waals surface area (Å²) in [4.78, 5) is 11.7. The summed E-state index contributed by atoms with van der Waals surface area (Å²) in [5.74, 6) is -0.400. The third-order valence-electron chi connectivity index (χ3n) is 2.63. The molecule has 17 heavy (non-hydrogen) atoms. The van der Waals surface area contributed by atoms with Gasteiger partial charge in [0.05, 0.1) is 6.17 Å². The topological polar surface area (TPSA) is 79.2 Å². The van der Waals surface area contributed by atoms with E-state index in [1.807, 2.05) is 0 Å². The number of hydrogen-bond acceptors (Lipinski definition) is 4. The quantitative estimate of drug-likeness (QED) is 0.577. The highest BCUT2D eigenvalue weighted by atomic mass is 19.1. The third kappa shape index (κ3) is 3.23. The molecule has 1 aliphatic rings. The molecule has 5 N–H and O–H groups in total. The first-order valence-electron chi connectivity index (χ1n) is 5.44. The highest BCUT2D eigenvalue weighted by molar-refractivity contribution is 5.81. The summed E-state index contributed by atoms with van der Waals surface area (Å²) in [5.41, 5.74) is 12.0. The summed E-state index contributed by atoms with van der Waals surface area (Å²) in [6.45, 7) is 0.381. The lowest BCUT2D eigenvalue weighted by Crippen LogP contribution is -2.43. The fourth-order valence-electron chi connectivity index (χ4n) is 1.67. The minimum atomic E-state index is -0.314. The molecule has 2 rings (SSSR count). The summed E-state index contributed by atoms with van der Waals surface area (Å²) in [6.07, 6.45) is 0.353. The van der Waals surface area contributed by atoms with Crippen LogP contribution in [-0.2, 0) is 11.3 Å². The van der Waals surface area contributed by atoms with Crippen LogP contribution in [0.4, 0.5) is 4.39 Å². The van der Waals surface area contributed by atoms with Gasteiger partial charge in [-0.05, 0) is 17.7 Å². The number of nitrogens with two attached hydrogens (primary N) is 1. The van der Waals surface area contributed by atoms with Crippen LogP contribution in [0.3, 0.4) is 0 Å². The van der Waals surface area contributed by atoms with Crippen LogP contribution >= 0.6 is 0 Å². The van der Waals surface area contributed by atoms with Crippen molar-refractivity contribution < 1.29 is 9.18 Å². The number of hydrazine groups is 1. The molecule has 2 unspecified atom stereocenters. The first kappa shape index (κ1) is 12.0. The predicted octanol–water partition coefficient (Wildman–Crippen LogP) is -0.407. The first-order chi connectivity index (χ1) is 8.15. The summed E-state index contributed by atoms with van der Waals surface area (Å²) in [7, 11) is 0. The van der Waals surface area contributed by atoms with Gasteiger partial charge in [0.15, 0.2) is 0 Å². The van der Waals surface area contributed by atoms with E-state index in [4.69, 9.17) is 5.73 Å². The number of carbonyl (C=O) groups excluding carboxylic acids is 1. The molecule has 6 heteroatoms. The summed E-state index contributed by atoms with van der Waals surface area (Å²) >= 11 is 0. The molecule has 1 saturated heterocycles. The molecule has 1 aromatic rings. The summed E-state index contributed by atoms with van der Waals surface area (Å²) in [6, 6.07) is 5.70. The minimum absolute atomic E-state index is 0.116. The second-order valence-electron chi connectivity index (χ2n) is 4.03. The molecule has 0 saturated carbocycles. The van der Waals surface area contributed by atoms with E-state index in [0.29, 0.717) is 13.0 Å². The molecule has 92 valence electrons. The normalized spacial score (nSPS) is 23.6. The second-order valence-corrected chi connectivity index (χ2v) is 4.03. The molecule has 0 bridgehead atoms. The smallest absolute Gasteiger partial charge is 0.238 e. The van der Waals surface area contributed by atoms with Gasteiger partial charge in [0.1, 0.15) is 11.9 Å². The van der Waals surface area contributed by atoms with Gasteiger partial charge in [0, 0.05) is 13.0 Å². The van der Waals surface area contributed by atoms with E-state index < -0.39 is 0 Å². The highest BCUT2D eigenvalue weighted by Gasteiger charge is 2.26. The number of rotatable bonds is 3. The van der Waals surface area contributed by atoms with Crippen LogP contribution in [0.15, 0.2) is 24.3 Å². The van der Waals surface area contributed by atoms with Gasteiger partial charge in [0.25, 0.3) is 0 Å². The van der Waals surface area contributed by atoms with Crippen LogP contribution in [0.1, 0.15) is 12.0 Å². The van der Waals surface area contributed by atoms with Crippen LogP contribution in [-0.4, -0.2) is 18.1 Å². The lowest BCUT2D eigenvalue weighted by atomic mass is 10.2. The molecular formula is C11H15FN4O. The van der Waals surface area contributed by atoms with Crippen LogP contribution in [0.2, 0.25) is 0 Å². The Morgan fingerprint density at radius 3 is 2.71 bits per heavy atom. The van der Waals surface area contributed by atoms with Crippen molar-refractivity contribution in [3.05, 3.63) is 35.6 Å². The molecule has 0 radical (unpaired) electrons. The van der Waals surface area contributed by atoms with E-state index in [1.54, 1.807) is 12.1 Å². The number of hydrogen-bond donors (Lipinski definition) is 4. The van der Waals surface area contributed by atoms with E-state index >= 15 is 0 Å². The van der Waals surface area contributed by atoms with Gasteiger partial charge >= 0.3 is 0 Å². The van der Waals surface area contributed by atoms with E-state index in [-0.39, 0.29) is 23.9 Å². The van der Waals surface area contributed by atoms with E-state index in [2.05, 4.69) is 16.2 Å². The molecule has 1 aliphatic heterocycles. The monoisotopic (exact) mass is 238 g/mol. The zero-order chi connectivity index (χ0) is 12.3. The molecule has 1 amide bonds. The Balaban J connectivity index is 1.82. The minimum Gasteiger partial charge on any atom is -0.351 e. The molecule has 0 aromatic heterocycles. The Morgan fingerprint density at radius 2 is 2.12 bits per heavy atom. The lowest BCUT2D eigenvalue weighted by molar-refractivity contribution is -0.123. The molecule has 1 heterocycles. The van der Waals surface area contributed by atoms with Gasteiger partial charge in [-0.2, -0.15) is 0 Å². The zero-order valence-corrected chi connectivity index (χ0v) is 9.24. The van der Waals surface area contributed by atoms with Crippen molar-refractivity contribution in [2.75, 3.05) is 0 Å². The van der Waals surface area contributed by atoms with Gasteiger partial charge in [-0.3, -0.25) is 4.79 Å². The van der Waals surface area contributed by atoms with Gasteiger partial charge in [-0.15, -0.1) is 0 Å². The average Bonchev–Trinajstić information content (AvgIpc) is 2.75. The number of benzene rings is 1. The molecule has 1 fully saturated rings. The van der Waals surface area contributed by atoms with Gasteiger partial charge in [0.2, 0.25) is 5.91 Å². The summed E-state index contributed by atoms with van der Waals surface area (Å²) in [5, 5.41) is 2.76. The predicted molar refractivity (Wildman–Crippen MR) is 60.9 cm³/mol. The zero-order valence-electron chi connectivity index (χ0n) is 9.24. The SMILES string of the molecule is NC1CC(C(=O)NCc2ccc(F)cc2)NN1. The fourth-order valence-corrected chi connectivity index (χ4v) is 1.67. The molecule has 2 atom stereocenters. The van der Waals surface area contributed by atoms with Crippen molar-refractivity contribution in [2.45, 2.75) is 25.2 Å². The Morgan fingerprint density at radius 1 is 1.41 bits per heavy atom. The Labute approximate surface area is 98.5 Å². The van der Waals surface area contributed by atoms with Crippen LogP contribution in [0, 0.1) is 5.82 Å². The van der Waals surface area contributed by atoms with Crippen molar-refractivity contribution in [3.63, 3.8) is 0 Å². The standard InChI is InChI=1S/C11H15FN4O/c12-8-3-1-7(2-4-8)6-14-11(17)9-5-10(13)16-15-9/h1-4,9-10,15-16H,5-6,13H2,(H,14,17). The third-order valence-corrected chi connectivity index (χ3v) is 2.63. The fraction of sp³-hybridized carbons (Fsp3) is 0.364. The van der Waals surface area contributed by atoms with Crippen LogP contribution in [0.25, 0.3) is 0 Å². The Kier molecular flexibility index (Phi) is 3.68. The van der Waals surface area contributed by atoms with E-state index in [0.717, 1.165) is 5.56 Å².